The molecule has 1 N–H and O–H groups in total. The first-order valence-corrected chi connectivity index (χ1v) is 9.17. The number of halogens is 1. The van der Waals surface area contributed by atoms with Crippen LogP contribution in [0, 0.1) is 5.21 Å². The number of quaternary nitrogens is 1. The van der Waals surface area contributed by atoms with E-state index in [1.54, 1.807) is 14.2 Å². The van der Waals surface area contributed by atoms with Gasteiger partial charge in [0.2, 0.25) is 0 Å². The lowest BCUT2D eigenvalue weighted by Crippen LogP contribution is -3.00. The summed E-state index contributed by atoms with van der Waals surface area (Å²) >= 11 is 2.26. The van der Waals surface area contributed by atoms with Gasteiger partial charge < -0.3 is 19.2 Å². The van der Waals surface area contributed by atoms with Gasteiger partial charge in [0.1, 0.15) is 11.5 Å². The summed E-state index contributed by atoms with van der Waals surface area (Å²) in [5, 5.41) is 12.9. The van der Waals surface area contributed by atoms with Crippen LogP contribution < -0.4 is 14.7 Å². The summed E-state index contributed by atoms with van der Waals surface area (Å²) in [5.41, 5.74) is 3.32. The Morgan fingerprint density at radius 3 is 2.20 bits per heavy atom. The van der Waals surface area contributed by atoms with Crippen LogP contribution in [0.3, 0.4) is 0 Å². The quantitative estimate of drug-likeness (QED) is 0.353. The highest BCUT2D eigenvalue weighted by Gasteiger charge is 2.24. The normalized spacial score (nSPS) is 12.4. The van der Waals surface area contributed by atoms with Crippen LogP contribution in [0.5, 0.6) is 11.5 Å². The summed E-state index contributed by atoms with van der Waals surface area (Å²) < 4.78 is 13.3. The zero-order valence-corrected chi connectivity index (χ0v) is 16.4. The molecule has 132 valence electrons. The maximum Gasteiger partial charge on any atom is 0.194 e. The lowest BCUT2D eigenvalue weighted by molar-refractivity contribution is -0.991. The van der Waals surface area contributed by atoms with Crippen LogP contribution in [0.4, 0.5) is 5.69 Å². The van der Waals surface area contributed by atoms with E-state index in [9.17, 15) is 5.21 Å². The van der Waals surface area contributed by atoms with E-state index in [0.29, 0.717) is 10.1 Å². The van der Waals surface area contributed by atoms with Crippen LogP contribution in [-0.2, 0) is 9.27 Å². The van der Waals surface area contributed by atoms with Gasteiger partial charge in [0.05, 0.1) is 37.9 Å². The molecule has 0 aliphatic rings. The molecule has 0 bridgehead atoms. The SMILES string of the molecule is COc1ccc(-n2c(CI)c([NH+]([O-])OC)c3ccc(OC)cc32)cc1. The van der Waals surface area contributed by atoms with Gasteiger partial charge in [0.15, 0.2) is 5.69 Å². The van der Waals surface area contributed by atoms with Gasteiger partial charge in [-0.25, -0.2) is 4.84 Å². The summed E-state index contributed by atoms with van der Waals surface area (Å²) in [6.45, 7) is 0. The molecule has 0 amide bonds. The molecule has 0 saturated heterocycles. The van der Waals surface area contributed by atoms with E-state index < -0.39 is 0 Å². The number of hydrogen-bond donors (Lipinski definition) is 1. The maximum atomic E-state index is 12.4. The van der Waals surface area contributed by atoms with Crippen molar-refractivity contribution in [3.8, 4) is 17.2 Å². The molecule has 0 radical (unpaired) electrons. The minimum absolute atomic E-state index is 0.339. The molecule has 1 atom stereocenters. The summed E-state index contributed by atoms with van der Waals surface area (Å²) in [6, 6.07) is 13.4. The average Bonchev–Trinajstić information content (AvgIpc) is 3.00. The molecule has 6 nitrogen and oxygen atoms in total. The van der Waals surface area contributed by atoms with Crippen molar-refractivity contribution < 1.29 is 19.5 Å². The van der Waals surface area contributed by atoms with Crippen LogP contribution >= 0.6 is 22.6 Å². The number of nitrogens with zero attached hydrogens (tertiary/aromatic N) is 1. The number of hydrogen-bond acceptors (Lipinski definition) is 4. The summed E-state index contributed by atoms with van der Waals surface area (Å²) in [6.07, 6.45) is 0. The first kappa shape index (κ1) is 18.0. The molecule has 0 aliphatic heterocycles. The number of ether oxygens (including phenoxy) is 2. The number of alkyl halides is 1. The monoisotopic (exact) mass is 454 g/mol. The first-order valence-electron chi connectivity index (χ1n) is 7.64. The summed E-state index contributed by atoms with van der Waals surface area (Å²) in [5.74, 6) is 1.51. The number of benzene rings is 2. The van der Waals surface area contributed by atoms with Crippen molar-refractivity contribution in [2.45, 2.75) is 4.43 Å². The molecule has 25 heavy (non-hydrogen) atoms. The van der Waals surface area contributed by atoms with E-state index in [2.05, 4.69) is 27.2 Å². The van der Waals surface area contributed by atoms with Crippen molar-refractivity contribution in [3.05, 3.63) is 53.4 Å². The van der Waals surface area contributed by atoms with Crippen molar-refractivity contribution in [1.82, 2.24) is 4.57 Å². The molecule has 1 heterocycles. The predicted molar refractivity (Wildman–Crippen MR) is 105 cm³/mol. The third-order valence-corrected chi connectivity index (χ3v) is 4.84. The predicted octanol–water partition coefficient (Wildman–Crippen LogP) is 3.16. The number of rotatable bonds is 6. The highest BCUT2D eigenvalue weighted by molar-refractivity contribution is 14.1. The molecular formula is C18H19IN2O4. The Labute approximate surface area is 159 Å². The van der Waals surface area contributed by atoms with Gasteiger partial charge in [-0.3, -0.25) is 0 Å². The van der Waals surface area contributed by atoms with E-state index in [0.717, 1.165) is 33.8 Å². The second-order valence-electron chi connectivity index (χ2n) is 5.36. The van der Waals surface area contributed by atoms with Gasteiger partial charge >= 0.3 is 0 Å². The number of fused-ring (bicyclic) bond motifs is 1. The Morgan fingerprint density at radius 2 is 1.64 bits per heavy atom. The first-order chi connectivity index (χ1) is 12.1. The fraction of sp³-hybridized carbons (Fsp3) is 0.222. The van der Waals surface area contributed by atoms with Crippen molar-refractivity contribution in [2.75, 3.05) is 21.3 Å². The van der Waals surface area contributed by atoms with Gasteiger partial charge in [0.25, 0.3) is 0 Å². The van der Waals surface area contributed by atoms with Crippen molar-refractivity contribution >= 4 is 39.2 Å². The Bertz CT molecular complexity index is 877. The second kappa shape index (κ2) is 7.61. The molecule has 0 spiro atoms. The summed E-state index contributed by atoms with van der Waals surface area (Å²) in [7, 11) is 4.66. The highest BCUT2D eigenvalue weighted by Crippen LogP contribution is 2.35. The van der Waals surface area contributed by atoms with Crippen molar-refractivity contribution in [2.24, 2.45) is 0 Å². The Balaban J connectivity index is 2.33. The van der Waals surface area contributed by atoms with E-state index in [4.69, 9.17) is 14.3 Å². The lowest BCUT2D eigenvalue weighted by Gasteiger charge is -2.18. The molecule has 0 fully saturated rings. The standard InChI is InChI=1S/C18H19IN2O4/c1-23-13-6-4-12(5-7-13)20-16-10-14(24-2)8-9-15(16)18(17(20)11-19)21(22)25-3/h4-10,21H,11H2,1-3H3. The minimum atomic E-state index is -0.339. The second-order valence-corrected chi connectivity index (χ2v) is 6.13. The number of aromatic nitrogens is 1. The lowest BCUT2D eigenvalue weighted by atomic mass is 10.2. The molecule has 0 aliphatic carbocycles. The fourth-order valence-corrected chi connectivity index (χ4v) is 3.65. The zero-order valence-electron chi connectivity index (χ0n) is 14.2. The van der Waals surface area contributed by atoms with Crippen LogP contribution in [0.1, 0.15) is 5.69 Å². The van der Waals surface area contributed by atoms with E-state index in [1.165, 1.54) is 7.11 Å². The maximum absolute atomic E-state index is 12.4. The largest absolute Gasteiger partial charge is 0.595 e. The van der Waals surface area contributed by atoms with Gasteiger partial charge in [-0.1, -0.05) is 22.6 Å². The van der Waals surface area contributed by atoms with Gasteiger partial charge in [-0.15, -0.1) is 0 Å². The van der Waals surface area contributed by atoms with Gasteiger partial charge in [0, 0.05) is 16.2 Å². The average molecular weight is 454 g/mol. The minimum Gasteiger partial charge on any atom is -0.595 e. The van der Waals surface area contributed by atoms with E-state index in [-0.39, 0.29) is 5.23 Å². The van der Waals surface area contributed by atoms with E-state index >= 15 is 0 Å². The Kier molecular flexibility index (Phi) is 5.48. The number of nitrogens with one attached hydrogen (secondary N) is 1. The molecule has 7 heteroatoms. The van der Waals surface area contributed by atoms with Crippen LogP contribution in [0.25, 0.3) is 16.6 Å². The van der Waals surface area contributed by atoms with Crippen LogP contribution in [-0.4, -0.2) is 25.9 Å². The molecule has 3 rings (SSSR count). The highest BCUT2D eigenvalue weighted by atomic mass is 127. The van der Waals surface area contributed by atoms with Gasteiger partial charge in [-0.05, 0) is 36.4 Å². The Morgan fingerprint density at radius 1 is 1.00 bits per heavy atom. The molecule has 1 aromatic heterocycles. The molecule has 3 aromatic rings. The topological polar surface area (TPSA) is 60.1 Å². The fourth-order valence-electron chi connectivity index (χ4n) is 2.93. The van der Waals surface area contributed by atoms with Gasteiger partial charge in [-0.2, -0.15) is 5.23 Å². The Hall–Kier alpha value is -1.81. The summed E-state index contributed by atoms with van der Waals surface area (Å²) in [4.78, 5) is 5.02. The van der Waals surface area contributed by atoms with Crippen molar-refractivity contribution in [3.63, 3.8) is 0 Å². The van der Waals surface area contributed by atoms with Crippen LogP contribution in [0.15, 0.2) is 42.5 Å². The smallest absolute Gasteiger partial charge is 0.194 e. The van der Waals surface area contributed by atoms with E-state index in [1.807, 2.05) is 42.5 Å². The molecule has 0 saturated carbocycles. The third kappa shape index (κ3) is 3.20. The third-order valence-electron chi connectivity index (χ3n) is 4.12. The number of methoxy groups -OCH3 is 2. The van der Waals surface area contributed by atoms with Crippen molar-refractivity contribution in [1.29, 1.82) is 0 Å². The molecule has 2 aromatic carbocycles. The molecule has 1 unspecified atom stereocenters. The molecular weight excluding hydrogens is 435 g/mol. The van der Waals surface area contributed by atoms with Crippen LogP contribution in [0.2, 0.25) is 0 Å². The zero-order chi connectivity index (χ0) is 18.0.